The zero-order chi connectivity index (χ0) is 9.45. The summed E-state index contributed by atoms with van der Waals surface area (Å²) in [6, 6.07) is 0. The average Bonchev–Trinajstić information content (AvgIpc) is 2.14. The highest BCUT2D eigenvalue weighted by Gasteiger charge is 2.24. The van der Waals surface area contributed by atoms with E-state index in [9.17, 15) is 0 Å². The minimum absolute atomic E-state index is 0.268. The van der Waals surface area contributed by atoms with Crippen molar-refractivity contribution in [2.45, 2.75) is 32.6 Å². The molecule has 0 rings (SSSR count). The van der Waals surface area contributed by atoms with Gasteiger partial charge in [0.15, 0.2) is 0 Å². The molecule has 74 valence electrons. The molecule has 0 aliphatic heterocycles. The Bertz CT molecular complexity index is 91.7. The molecule has 0 amide bonds. The molecule has 0 aliphatic carbocycles. The Hall–Kier alpha value is 1.05. The average molecular weight is 224 g/mol. The molecule has 0 aromatic carbocycles. The third-order valence-corrected chi connectivity index (χ3v) is 4.33. The van der Waals surface area contributed by atoms with Crippen molar-refractivity contribution in [2.24, 2.45) is 5.41 Å². The van der Waals surface area contributed by atoms with E-state index in [2.05, 4.69) is 44.8 Å². The molecule has 0 fully saturated rings. The molecule has 0 bridgehead atoms. The maximum absolute atomic E-state index is 4.37. The van der Waals surface area contributed by atoms with Gasteiger partial charge in [0.25, 0.3) is 0 Å². The van der Waals surface area contributed by atoms with Crippen LogP contribution in [0, 0.1) is 5.41 Å². The largest absolute Gasteiger partial charge is 0.179 e. The van der Waals surface area contributed by atoms with Crippen LogP contribution in [0.25, 0.3) is 0 Å². The molecular weight excluding hydrogens is 204 g/mol. The SMILES string of the molecule is CCCCCC(CS)(CS)CS. The number of unbranched alkanes of at least 4 members (excludes halogenated alkanes) is 2. The lowest BCUT2D eigenvalue weighted by atomic mass is 9.88. The van der Waals surface area contributed by atoms with Gasteiger partial charge in [-0.2, -0.15) is 37.9 Å². The van der Waals surface area contributed by atoms with E-state index in [0.29, 0.717) is 0 Å². The van der Waals surface area contributed by atoms with Crippen LogP contribution in [0.15, 0.2) is 0 Å². The summed E-state index contributed by atoms with van der Waals surface area (Å²) in [6.45, 7) is 2.23. The van der Waals surface area contributed by atoms with Gasteiger partial charge in [-0.05, 0) is 29.1 Å². The van der Waals surface area contributed by atoms with E-state index in [4.69, 9.17) is 0 Å². The monoisotopic (exact) mass is 224 g/mol. The van der Waals surface area contributed by atoms with Gasteiger partial charge in [-0.15, -0.1) is 0 Å². The lowest BCUT2D eigenvalue weighted by Crippen LogP contribution is -2.27. The lowest BCUT2D eigenvalue weighted by molar-refractivity contribution is 0.388. The van der Waals surface area contributed by atoms with Gasteiger partial charge < -0.3 is 0 Å². The fourth-order valence-corrected chi connectivity index (χ4v) is 2.81. The molecule has 0 aromatic heterocycles. The second-order valence-corrected chi connectivity index (χ2v) is 4.38. The van der Waals surface area contributed by atoms with Crippen molar-refractivity contribution in [3.8, 4) is 0 Å². The summed E-state index contributed by atoms with van der Waals surface area (Å²) < 4.78 is 0. The number of hydrogen-bond acceptors (Lipinski definition) is 3. The second kappa shape index (κ2) is 7.45. The standard InChI is InChI=1S/C9H20S3/c1-2-3-4-5-9(6-10,7-11)8-12/h10-12H,2-8H2,1H3. The summed E-state index contributed by atoms with van der Waals surface area (Å²) in [6.07, 6.45) is 5.11. The van der Waals surface area contributed by atoms with E-state index >= 15 is 0 Å². The van der Waals surface area contributed by atoms with Gasteiger partial charge in [-0.1, -0.05) is 26.2 Å². The van der Waals surface area contributed by atoms with Crippen molar-refractivity contribution in [1.82, 2.24) is 0 Å². The van der Waals surface area contributed by atoms with Gasteiger partial charge in [-0.3, -0.25) is 0 Å². The van der Waals surface area contributed by atoms with E-state index in [1.54, 1.807) is 0 Å². The zero-order valence-corrected chi connectivity index (χ0v) is 10.5. The first-order chi connectivity index (χ1) is 5.74. The Labute approximate surface area is 93.1 Å². The molecule has 0 aliphatic rings. The van der Waals surface area contributed by atoms with Gasteiger partial charge in [0.2, 0.25) is 0 Å². The Morgan fingerprint density at radius 3 is 1.75 bits per heavy atom. The summed E-state index contributed by atoms with van der Waals surface area (Å²) in [5, 5.41) is 0. The molecule has 3 heteroatoms. The Morgan fingerprint density at radius 1 is 0.917 bits per heavy atom. The van der Waals surface area contributed by atoms with Crippen molar-refractivity contribution in [2.75, 3.05) is 17.3 Å². The topological polar surface area (TPSA) is 0 Å². The number of rotatable bonds is 7. The van der Waals surface area contributed by atoms with E-state index in [0.717, 1.165) is 17.3 Å². The van der Waals surface area contributed by atoms with Crippen LogP contribution in [0.1, 0.15) is 32.6 Å². The van der Waals surface area contributed by atoms with Crippen LogP contribution in [0.3, 0.4) is 0 Å². The number of hydrogen-bond donors (Lipinski definition) is 3. The summed E-state index contributed by atoms with van der Waals surface area (Å²) >= 11 is 13.1. The van der Waals surface area contributed by atoms with Crippen LogP contribution in [-0.2, 0) is 0 Å². The second-order valence-electron chi connectivity index (χ2n) is 3.43. The predicted molar refractivity (Wildman–Crippen MR) is 68.1 cm³/mol. The van der Waals surface area contributed by atoms with E-state index in [1.807, 2.05) is 0 Å². The molecule has 12 heavy (non-hydrogen) atoms. The quantitative estimate of drug-likeness (QED) is 0.429. The van der Waals surface area contributed by atoms with Gasteiger partial charge in [0.05, 0.1) is 0 Å². The number of thiol groups is 3. The molecule has 0 aromatic rings. The first-order valence-corrected chi connectivity index (χ1v) is 6.47. The molecule has 0 unspecified atom stereocenters. The minimum atomic E-state index is 0.268. The molecule has 0 N–H and O–H groups in total. The first-order valence-electron chi connectivity index (χ1n) is 4.57. The normalized spacial score (nSPS) is 12.0. The Kier molecular flexibility index (Phi) is 8.11. The van der Waals surface area contributed by atoms with Gasteiger partial charge >= 0.3 is 0 Å². The van der Waals surface area contributed by atoms with Crippen LogP contribution in [0.5, 0.6) is 0 Å². The maximum atomic E-state index is 4.37. The molecule has 0 saturated carbocycles. The molecular formula is C9H20S3. The fraction of sp³-hybridized carbons (Fsp3) is 1.00. The predicted octanol–water partition coefficient (Wildman–Crippen LogP) is 3.34. The molecule has 0 radical (unpaired) electrons. The zero-order valence-electron chi connectivity index (χ0n) is 7.79. The van der Waals surface area contributed by atoms with Crippen LogP contribution in [-0.4, -0.2) is 17.3 Å². The molecule has 0 nitrogen and oxygen atoms in total. The van der Waals surface area contributed by atoms with Crippen LogP contribution in [0.2, 0.25) is 0 Å². The Morgan fingerprint density at radius 2 is 1.42 bits per heavy atom. The third kappa shape index (κ3) is 4.33. The summed E-state index contributed by atoms with van der Waals surface area (Å²) in [4.78, 5) is 0. The van der Waals surface area contributed by atoms with Crippen molar-refractivity contribution in [3.63, 3.8) is 0 Å². The van der Waals surface area contributed by atoms with Crippen molar-refractivity contribution < 1.29 is 0 Å². The van der Waals surface area contributed by atoms with Crippen molar-refractivity contribution >= 4 is 37.9 Å². The van der Waals surface area contributed by atoms with Crippen molar-refractivity contribution in [1.29, 1.82) is 0 Å². The van der Waals surface area contributed by atoms with Gasteiger partial charge in [0.1, 0.15) is 0 Å². The first kappa shape index (κ1) is 13.1. The van der Waals surface area contributed by atoms with Crippen LogP contribution < -0.4 is 0 Å². The highest BCUT2D eigenvalue weighted by Crippen LogP contribution is 2.29. The van der Waals surface area contributed by atoms with Gasteiger partial charge in [0, 0.05) is 0 Å². The highest BCUT2D eigenvalue weighted by molar-refractivity contribution is 7.82. The van der Waals surface area contributed by atoms with Crippen LogP contribution >= 0.6 is 37.9 Å². The van der Waals surface area contributed by atoms with E-state index < -0.39 is 0 Å². The molecule has 0 heterocycles. The van der Waals surface area contributed by atoms with Gasteiger partial charge in [-0.25, -0.2) is 0 Å². The highest BCUT2D eigenvalue weighted by atomic mass is 32.1. The van der Waals surface area contributed by atoms with E-state index in [-0.39, 0.29) is 5.41 Å². The molecule has 0 atom stereocenters. The maximum Gasteiger partial charge on any atom is -0.00255 e. The fourth-order valence-electron chi connectivity index (χ4n) is 1.14. The summed E-state index contributed by atoms with van der Waals surface area (Å²) in [5.74, 6) is 2.72. The molecule has 0 saturated heterocycles. The minimum Gasteiger partial charge on any atom is -0.179 e. The summed E-state index contributed by atoms with van der Waals surface area (Å²) in [7, 11) is 0. The smallest absolute Gasteiger partial charge is 0.00255 e. The lowest BCUT2D eigenvalue weighted by Gasteiger charge is -2.28. The third-order valence-electron chi connectivity index (χ3n) is 2.32. The molecule has 0 spiro atoms. The van der Waals surface area contributed by atoms with E-state index in [1.165, 1.54) is 25.7 Å². The Balaban J connectivity index is 3.76. The van der Waals surface area contributed by atoms with Crippen molar-refractivity contribution in [3.05, 3.63) is 0 Å². The van der Waals surface area contributed by atoms with Crippen LogP contribution in [0.4, 0.5) is 0 Å². The summed E-state index contributed by atoms with van der Waals surface area (Å²) in [5.41, 5.74) is 0.268.